The van der Waals surface area contributed by atoms with E-state index in [1.807, 2.05) is 0 Å². The number of hydrogen-bond acceptors (Lipinski definition) is 1. The average Bonchev–Trinajstić information content (AvgIpc) is 2.75. The molecule has 0 saturated heterocycles. The van der Waals surface area contributed by atoms with Crippen LogP contribution >= 0.6 is 0 Å². The van der Waals surface area contributed by atoms with E-state index in [9.17, 15) is 0 Å². The fourth-order valence-electron chi connectivity index (χ4n) is 4.64. The lowest BCUT2D eigenvalue weighted by molar-refractivity contribution is 0.190. The third kappa shape index (κ3) is 3.04. The molecule has 1 aromatic rings. The van der Waals surface area contributed by atoms with Crippen molar-refractivity contribution in [2.75, 3.05) is 0 Å². The van der Waals surface area contributed by atoms with Crippen molar-refractivity contribution < 1.29 is 0 Å². The van der Waals surface area contributed by atoms with Crippen LogP contribution in [0.15, 0.2) is 24.3 Å². The van der Waals surface area contributed by atoms with Gasteiger partial charge in [0.15, 0.2) is 0 Å². The van der Waals surface area contributed by atoms with Gasteiger partial charge >= 0.3 is 0 Å². The van der Waals surface area contributed by atoms with Crippen molar-refractivity contribution in [3.63, 3.8) is 0 Å². The van der Waals surface area contributed by atoms with E-state index in [1.165, 1.54) is 44.9 Å². The lowest BCUT2D eigenvalue weighted by Crippen LogP contribution is -2.42. The summed E-state index contributed by atoms with van der Waals surface area (Å²) in [7, 11) is 0. The Balaban J connectivity index is 1.78. The van der Waals surface area contributed by atoms with Crippen molar-refractivity contribution in [2.45, 2.75) is 77.8 Å². The van der Waals surface area contributed by atoms with Gasteiger partial charge in [0.2, 0.25) is 0 Å². The van der Waals surface area contributed by atoms with Crippen LogP contribution in [0, 0.1) is 11.3 Å². The fraction of sp³-hybridized carbons (Fsp3) is 0.700. The highest BCUT2D eigenvalue weighted by molar-refractivity contribution is 5.37. The molecule has 116 valence electrons. The molecule has 2 unspecified atom stereocenters. The summed E-state index contributed by atoms with van der Waals surface area (Å²) in [6.07, 6.45) is 9.66. The number of nitrogens with one attached hydrogen (secondary N) is 1. The van der Waals surface area contributed by atoms with Crippen LogP contribution in [0.4, 0.5) is 0 Å². The van der Waals surface area contributed by atoms with Crippen LogP contribution in [0.1, 0.15) is 76.5 Å². The first-order valence-corrected chi connectivity index (χ1v) is 8.95. The van der Waals surface area contributed by atoms with Crippen LogP contribution in [-0.2, 0) is 6.42 Å². The Kier molecular flexibility index (Phi) is 4.40. The molecule has 0 aromatic heterocycles. The average molecular weight is 285 g/mol. The summed E-state index contributed by atoms with van der Waals surface area (Å²) in [6.45, 7) is 7.22. The lowest BCUT2D eigenvalue weighted by Gasteiger charge is -2.37. The third-order valence-corrected chi connectivity index (χ3v) is 5.83. The molecule has 0 heterocycles. The van der Waals surface area contributed by atoms with Gasteiger partial charge in [-0.05, 0) is 48.1 Å². The van der Waals surface area contributed by atoms with Crippen molar-refractivity contribution in [1.82, 2.24) is 5.32 Å². The molecule has 1 fully saturated rings. The Hall–Kier alpha value is -0.820. The molecule has 21 heavy (non-hydrogen) atoms. The minimum Gasteiger partial charge on any atom is -0.306 e. The van der Waals surface area contributed by atoms with Gasteiger partial charge in [-0.2, -0.15) is 0 Å². The highest BCUT2D eigenvalue weighted by Gasteiger charge is 2.40. The molecule has 0 aliphatic heterocycles. The quantitative estimate of drug-likeness (QED) is 0.796. The number of hydrogen-bond donors (Lipinski definition) is 1. The maximum atomic E-state index is 4.08. The second-order valence-corrected chi connectivity index (χ2v) is 7.88. The van der Waals surface area contributed by atoms with E-state index in [-0.39, 0.29) is 0 Å². The summed E-state index contributed by atoms with van der Waals surface area (Å²) < 4.78 is 0. The highest BCUT2D eigenvalue weighted by Crippen LogP contribution is 2.46. The van der Waals surface area contributed by atoms with E-state index < -0.39 is 0 Å². The molecule has 0 radical (unpaired) electrons. The standard InChI is InChI=1S/C20H31N/c1-4-18(15-10-6-5-7-11-15)21-19-17-13-9-8-12-16(17)14-20(19,2)3/h8-9,12-13,15,18-19,21H,4-7,10-11,14H2,1-3H3. The van der Waals surface area contributed by atoms with E-state index in [0.29, 0.717) is 17.5 Å². The molecular weight excluding hydrogens is 254 g/mol. The summed E-state index contributed by atoms with van der Waals surface area (Å²) in [4.78, 5) is 0. The first-order chi connectivity index (χ1) is 10.1. The van der Waals surface area contributed by atoms with Gasteiger partial charge in [0.25, 0.3) is 0 Å². The summed E-state index contributed by atoms with van der Waals surface area (Å²) in [5, 5.41) is 4.08. The Morgan fingerprint density at radius 1 is 1.14 bits per heavy atom. The minimum absolute atomic E-state index is 0.339. The zero-order valence-corrected chi connectivity index (χ0v) is 14.0. The molecule has 1 nitrogen and oxygen atoms in total. The van der Waals surface area contributed by atoms with E-state index >= 15 is 0 Å². The predicted octanol–water partition coefficient (Wildman–Crippen LogP) is 5.26. The Morgan fingerprint density at radius 3 is 2.57 bits per heavy atom. The van der Waals surface area contributed by atoms with Gasteiger partial charge in [0.05, 0.1) is 0 Å². The van der Waals surface area contributed by atoms with Gasteiger partial charge in [0.1, 0.15) is 0 Å². The van der Waals surface area contributed by atoms with Gasteiger partial charge in [-0.1, -0.05) is 64.3 Å². The molecule has 2 aliphatic carbocycles. The third-order valence-electron chi connectivity index (χ3n) is 5.83. The second kappa shape index (κ2) is 6.12. The Bertz CT molecular complexity index is 470. The smallest absolute Gasteiger partial charge is 0.0380 e. The Labute approximate surface area is 130 Å². The maximum absolute atomic E-state index is 4.08. The molecule has 0 bridgehead atoms. The molecule has 1 heteroatoms. The van der Waals surface area contributed by atoms with Crippen molar-refractivity contribution in [1.29, 1.82) is 0 Å². The highest BCUT2D eigenvalue weighted by atomic mass is 15.0. The van der Waals surface area contributed by atoms with E-state index in [2.05, 4.69) is 50.4 Å². The summed E-state index contributed by atoms with van der Waals surface area (Å²) in [5.74, 6) is 0.896. The van der Waals surface area contributed by atoms with Crippen LogP contribution in [0.2, 0.25) is 0 Å². The predicted molar refractivity (Wildman–Crippen MR) is 90.5 cm³/mol. The van der Waals surface area contributed by atoms with Crippen molar-refractivity contribution >= 4 is 0 Å². The molecular formula is C20H31N. The number of fused-ring (bicyclic) bond motifs is 1. The van der Waals surface area contributed by atoms with Crippen molar-refractivity contribution in [3.8, 4) is 0 Å². The van der Waals surface area contributed by atoms with Gasteiger partial charge in [0, 0.05) is 12.1 Å². The Morgan fingerprint density at radius 2 is 1.86 bits per heavy atom. The van der Waals surface area contributed by atoms with Gasteiger partial charge in [-0.15, -0.1) is 0 Å². The number of benzene rings is 1. The summed E-state index contributed by atoms with van der Waals surface area (Å²) >= 11 is 0. The monoisotopic (exact) mass is 285 g/mol. The maximum Gasteiger partial charge on any atom is 0.0380 e. The summed E-state index contributed by atoms with van der Waals surface area (Å²) in [5.41, 5.74) is 3.45. The molecule has 0 amide bonds. The van der Waals surface area contributed by atoms with Crippen LogP contribution in [0.5, 0.6) is 0 Å². The van der Waals surface area contributed by atoms with Gasteiger partial charge in [-0.25, -0.2) is 0 Å². The van der Waals surface area contributed by atoms with E-state index in [0.717, 1.165) is 5.92 Å². The second-order valence-electron chi connectivity index (χ2n) is 7.88. The zero-order chi connectivity index (χ0) is 14.9. The van der Waals surface area contributed by atoms with E-state index in [4.69, 9.17) is 0 Å². The fourth-order valence-corrected chi connectivity index (χ4v) is 4.64. The lowest BCUT2D eigenvalue weighted by atomic mass is 9.80. The normalized spacial score (nSPS) is 26.5. The van der Waals surface area contributed by atoms with Gasteiger partial charge < -0.3 is 5.32 Å². The molecule has 1 saturated carbocycles. The largest absolute Gasteiger partial charge is 0.306 e. The van der Waals surface area contributed by atoms with Crippen LogP contribution in [0.3, 0.4) is 0 Å². The number of rotatable bonds is 4. The molecule has 1 aromatic carbocycles. The molecule has 3 rings (SSSR count). The minimum atomic E-state index is 0.339. The first-order valence-electron chi connectivity index (χ1n) is 8.95. The zero-order valence-electron chi connectivity index (χ0n) is 14.0. The molecule has 0 spiro atoms. The van der Waals surface area contributed by atoms with Crippen LogP contribution in [0.25, 0.3) is 0 Å². The van der Waals surface area contributed by atoms with Crippen LogP contribution < -0.4 is 5.32 Å². The first kappa shape index (κ1) is 15.1. The SMILES string of the molecule is CCC(NC1c2ccccc2CC1(C)C)C1CCCCC1. The van der Waals surface area contributed by atoms with Crippen molar-refractivity contribution in [3.05, 3.63) is 35.4 Å². The molecule has 2 atom stereocenters. The van der Waals surface area contributed by atoms with Gasteiger partial charge in [-0.3, -0.25) is 0 Å². The van der Waals surface area contributed by atoms with E-state index in [1.54, 1.807) is 11.1 Å². The summed E-state index contributed by atoms with van der Waals surface area (Å²) in [6, 6.07) is 10.3. The van der Waals surface area contributed by atoms with Crippen molar-refractivity contribution in [2.24, 2.45) is 11.3 Å². The van der Waals surface area contributed by atoms with Crippen LogP contribution in [-0.4, -0.2) is 6.04 Å². The topological polar surface area (TPSA) is 12.0 Å². The molecule has 1 N–H and O–H groups in total. The molecule has 2 aliphatic rings.